The van der Waals surface area contributed by atoms with Gasteiger partial charge in [-0.05, 0) is 24.6 Å². The van der Waals surface area contributed by atoms with E-state index < -0.39 is 0 Å². The number of hydrogen-bond acceptors (Lipinski definition) is 3. The zero-order valence-electron chi connectivity index (χ0n) is 11.1. The SMILES string of the molecule is CC(=O)N1CCN(c2ccc(C(C)N)cc2)CC1. The first kappa shape index (κ1) is 12.9. The molecule has 1 aliphatic rings. The van der Waals surface area contributed by atoms with Gasteiger partial charge in [0.25, 0.3) is 0 Å². The first-order valence-corrected chi connectivity index (χ1v) is 6.44. The monoisotopic (exact) mass is 247 g/mol. The number of nitrogens with zero attached hydrogens (tertiary/aromatic N) is 2. The van der Waals surface area contributed by atoms with E-state index in [0.29, 0.717) is 0 Å². The van der Waals surface area contributed by atoms with E-state index in [4.69, 9.17) is 5.73 Å². The molecule has 1 heterocycles. The molecule has 0 spiro atoms. The topological polar surface area (TPSA) is 49.6 Å². The van der Waals surface area contributed by atoms with Crippen molar-refractivity contribution < 1.29 is 4.79 Å². The Morgan fingerprint density at radius 3 is 2.17 bits per heavy atom. The van der Waals surface area contributed by atoms with Crippen LogP contribution in [0.5, 0.6) is 0 Å². The summed E-state index contributed by atoms with van der Waals surface area (Å²) in [5.74, 6) is 0.168. The lowest BCUT2D eigenvalue weighted by Crippen LogP contribution is -2.48. The second kappa shape index (κ2) is 5.40. The molecular weight excluding hydrogens is 226 g/mol. The molecular formula is C14H21N3O. The molecule has 2 N–H and O–H groups in total. The van der Waals surface area contributed by atoms with Gasteiger partial charge >= 0.3 is 0 Å². The molecule has 0 aliphatic carbocycles. The van der Waals surface area contributed by atoms with E-state index in [0.717, 1.165) is 31.7 Å². The summed E-state index contributed by atoms with van der Waals surface area (Å²) in [6, 6.07) is 8.47. The fourth-order valence-electron chi connectivity index (χ4n) is 2.27. The summed E-state index contributed by atoms with van der Waals surface area (Å²) in [7, 11) is 0. The van der Waals surface area contributed by atoms with Crippen LogP contribution < -0.4 is 10.6 Å². The van der Waals surface area contributed by atoms with Crippen LogP contribution in [-0.4, -0.2) is 37.0 Å². The Bertz CT molecular complexity index is 406. The van der Waals surface area contributed by atoms with Gasteiger partial charge in [0.15, 0.2) is 0 Å². The minimum Gasteiger partial charge on any atom is -0.368 e. The number of rotatable bonds is 2. The molecule has 0 saturated carbocycles. The van der Waals surface area contributed by atoms with Crippen molar-refractivity contribution in [2.75, 3.05) is 31.1 Å². The van der Waals surface area contributed by atoms with Gasteiger partial charge in [0, 0.05) is 44.8 Å². The number of amides is 1. The van der Waals surface area contributed by atoms with Gasteiger partial charge in [-0.3, -0.25) is 4.79 Å². The average molecular weight is 247 g/mol. The van der Waals surface area contributed by atoms with E-state index in [-0.39, 0.29) is 11.9 Å². The molecule has 1 unspecified atom stereocenters. The normalized spacial score (nSPS) is 17.7. The lowest BCUT2D eigenvalue weighted by molar-refractivity contribution is -0.129. The van der Waals surface area contributed by atoms with Crippen LogP contribution in [0.3, 0.4) is 0 Å². The molecule has 1 fully saturated rings. The summed E-state index contributed by atoms with van der Waals surface area (Å²) in [4.78, 5) is 15.5. The van der Waals surface area contributed by atoms with Crippen LogP contribution in [0, 0.1) is 0 Å². The van der Waals surface area contributed by atoms with E-state index in [9.17, 15) is 4.79 Å². The quantitative estimate of drug-likeness (QED) is 0.859. The highest BCUT2D eigenvalue weighted by atomic mass is 16.2. The van der Waals surface area contributed by atoms with Crippen LogP contribution in [0.25, 0.3) is 0 Å². The largest absolute Gasteiger partial charge is 0.368 e. The highest BCUT2D eigenvalue weighted by Gasteiger charge is 2.18. The Hall–Kier alpha value is -1.55. The number of carbonyl (C=O) groups excluding carboxylic acids is 1. The number of hydrogen-bond donors (Lipinski definition) is 1. The molecule has 0 bridgehead atoms. The summed E-state index contributed by atoms with van der Waals surface area (Å²) in [6.45, 7) is 7.04. The maximum absolute atomic E-state index is 11.3. The van der Waals surface area contributed by atoms with Gasteiger partial charge in [0.2, 0.25) is 5.91 Å². The summed E-state index contributed by atoms with van der Waals surface area (Å²) in [5.41, 5.74) is 8.20. The van der Waals surface area contributed by atoms with Crippen molar-refractivity contribution in [2.45, 2.75) is 19.9 Å². The molecule has 2 rings (SSSR count). The van der Waals surface area contributed by atoms with Crippen molar-refractivity contribution in [2.24, 2.45) is 5.73 Å². The van der Waals surface area contributed by atoms with Gasteiger partial charge in [-0.15, -0.1) is 0 Å². The Labute approximate surface area is 108 Å². The Kier molecular flexibility index (Phi) is 3.87. The van der Waals surface area contributed by atoms with E-state index in [2.05, 4.69) is 29.2 Å². The van der Waals surface area contributed by atoms with Crippen molar-refractivity contribution in [3.05, 3.63) is 29.8 Å². The van der Waals surface area contributed by atoms with Gasteiger partial charge < -0.3 is 15.5 Å². The molecule has 1 atom stereocenters. The molecule has 0 aromatic heterocycles. The Balaban J connectivity index is 1.99. The molecule has 98 valence electrons. The second-order valence-corrected chi connectivity index (χ2v) is 4.87. The number of anilines is 1. The van der Waals surface area contributed by atoms with Crippen molar-refractivity contribution >= 4 is 11.6 Å². The Morgan fingerprint density at radius 2 is 1.72 bits per heavy atom. The third-order valence-electron chi connectivity index (χ3n) is 3.51. The van der Waals surface area contributed by atoms with E-state index in [1.54, 1.807) is 6.92 Å². The molecule has 18 heavy (non-hydrogen) atoms. The highest BCUT2D eigenvalue weighted by Crippen LogP contribution is 2.19. The molecule has 1 saturated heterocycles. The molecule has 1 aromatic rings. The Morgan fingerprint density at radius 1 is 1.17 bits per heavy atom. The maximum Gasteiger partial charge on any atom is 0.219 e. The fourth-order valence-corrected chi connectivity index (χ4v) is 2.27. The van der Waals surface area contributed by atoms with E-state index in [1.165, 1.54) is 5.69 Å². The van der Waals surface area contributed by atoms with Gasteiger partial charge in [-0.25, -0.2) is 0 Å². The predicted molar refractivity (Wildman–Crippen MR) is 73.5 cm³/mol. The summed E-state index contributed by atoms with van der Waals surface area (Å²) in [5, 5.41) is 0. The molecule has 0 radical (unpaired) electrons. The second-order valence-electron chi connectivity index (χ2n) is 4.87. The van der Waals surface area contributed by atoms with Gasteiger partial charge in [-0.1, -0.05) is 12.1 Å². The number of piperazine rings is 1. The van der Waals surface area contributed by atoms with Crippen molar-refractivity contribution in [1.82, 2.24) is 4.90 Å². The van der Waals surface area contributed by atoms with Crippen molar-refractivity contribution in [3.8, 4) is 0 Å². The van der Waals surface area contributed by atoms with Crippen molar-refractivity contribution in [3.63, 3.8) is 0 Å². The lowest BCUT2D eigenvalue weighted by Gasteiger charge is -2.35. The van der Waals surface area contributed by atoms with Gasteiger partial charge in [0.05, 0.1) is 0 Å². The van der Waals surface area contributed by atoms with Crippen LogP contribution in [0.2, 0.25) is 0 Å². The highest BCUT2D eigenvalue weighted by molar-refractivity contribution is 5.73. The summed E-state index contributed by atoms with van der Waals surface area (Å²) < 4.78 is 0. The van der Waals surface area contributed by atoms with Crippen LogP contribution in [0.15, 0.2) is 24.3 Å². The van der Waals surface area contributed by atoms with Gasteiger partial charge in [0.1, 0.15) is 0 Å². The third-order valence-corrected chi connectivity index (χ3v) is 3.51. The molecule has 4 nitrogen and oxygen atoms in total. The summed E-state index contributed by atoms with van der Waals surface area (Å²) in [6.07, 6.45) is 0. The summed E-state index contributed by atoms with van der Waals surface area (Å²) >= 11 is 0. The van der Waals surface area contributed by atoms with Gasteiger partial charge in [-0.2, -0.15) is 0 Å². The fraction of sp³-hybridized carbons (Fsp3) is 0.500. The van der Waals surface area contributed by atoms with E-state index >= 15 is 0 Å². The molecule has 1 aromatic carbocycles. The van der Waals surface area contributed by atoms with E-state index in [1.807, 2.05) is 11.8 Å². The number of nitrogens with two attached hydrogens (primary N) is 1. The van der Waals surface area contributed by atoms with Crippen LogP contribution in [0.4, 0.5) is 5.69 Å². The molecule has 1 amide bonds. The minimum atomic E-state index is 0.0774. The van der Waals surface area contributed by atoms with Crippen LogP contribution >= 0.6 is 0 Å². The maximum atomic E-state index is 11.3. The minimum absolute atomic E-state index is 0.0774. The van der Waals surface area contributed by atoms with Crippen LogP contribution in [-0.2, 0) is 4.79 Å². The molecule has 4 heteroatoms. The number of benzene rings is 1. The predicted octanol–water partition coefficient (Wildman–Crippen LogP) is 1.37. The third kappa shape index (κ3) is 2.82. The lowest BCUT2D eigenvalue weighted by atomic mass is 10.1. The zero-order chi connectivity index (χ0) is 13.1. The molecule has 1 aliphatic heterocycles. The standard InChI is InChI=1S/C14H21N3O/c1-11(15)13-3-5-14(6-4-13)17-9-7-16(8-10-17)12(2)18/h3-6,11H,7-10,15H2,1-2H3. The van der Waals surface area contributed by atoms with Crippen molar-refractivity contribution in [1.29, 1.82) is 0 Å². The first-order valence-electron chi connectivity index (χ1n) is 6.44. The van der Waals surface area contributed by atoms with Crippen LogP contribution in [0.1, 0.15) is 25.5 Å². The number of carbonyl (C=O) groups is 1. The zero-order valence-corrected chi connectivity index (χ0v) is 11.1. The average Bonchev–Trinajstić information content (AvgIpc) is 2.39. The first-order chi connectivity index (χ1) is 8.58. The smallest absolute Gasteiger partial charge is 0.219 e.